The minimum atomic E-state index is -0.242. The van der Waals surface area contributed by atoms with Crippen molar-refractivity contribution in [3.05, 3.63) is 81.8 Å². The van der Waals surface area contributed by atoms with Crippen LogP contribution in [0.2, 0.25) is 0 Å². The maximum Gasteiger partial charge on any atom is 0.255 e. The van der Waals surface area contributed by atoms with Crippen LogP contribution in [0.4, 0.5) is 17.3 Å². The van der Waals surface area contributed by atoms with Crippen LogP contribution in [0.1, 0.15) is 16.8 Å². The van der Waals surface area contributed by atoms with Gasteiger partial charge in [-0.3, -0.25) is 14.2 Å². The zero-order valence-electron chi connectivity index (χ0n) is 18.8. The molecular formula is C25H29N5O2. The van der Waals surface area contributed by atoms with Gasteiger partial charge in [0.05, 0.1) is 0 Å². The van der Waals surface area contributed by atoms with Gasteiger partial charge in [-0.2, -0.15) is 0 Å². The van der Waals surface area contributed by atoms with Crippen molar-refractivity contribution in [2.75, 3.05) is 41.3 Å². The van der Waals surface area contributed by atoms with Gasteiger partial charge in [0.1, 0.15) is 6.54 Å². The van der Waals surface area contributed by atoms with Crippen LogP contribution in [-0.2, 0) is 11.3 Å². The summed E-state index contributed by atoms with van der Waals surface area (Å²) in [7, 11) is 0. The van der Waals surface area contributed by atoms with E-state index < -0.39 is 0 Å². The maximum absolute atomic E-state index is 12.8. The maximum atomic E-state index is 12.8. The van der Waals surface area contributed by atoms with Crippen LogP contribution < -0.4 is 20.7 Å². The molecule has 3 aromatic rings. The quantitative estimate of drug-likeness (QED) is 0.672. The number of aromatic nitrogens is 2. The molecule has 0 unspecified atom stereocenters. The highest BCUT2D eigenvalue weighted by Gasteiger charge is 2.22. The molecule has 1 aliphatic heterocycles. The van der Waals surface area contributed by atoms with Crippen molar-refractivity contribution in [1.29, 1.82) is 0 Å². The molecular weight excluding hydrogens is 402 g/mol. The minimum absolute atomic E-state index is 0.0757. The fourth-order valence-electron chi connectivity index (χ4n) is 4.09. The Labute approximate surface area is 188 Å². The standard InChI is InChI=1S/C25H29N5O2/c1-18-9-10-22(19(2)15-18)27-23(31)17-30-24(32)16-20(3)26-25(30)29-13-11-28(12-14-29)21-7-5-4-6-8-21/h4-10,15-16H,11-14,17H2,1-3H3,(H,27,31). The first kappa shape index (κ1) is 21.6. The van der Waals surface area contributed by atoms with Crippen molar-refractivity contribution < 1.29 is 4.79 Å². The summed E-state index contributed by atoms with van der Waals surface area (Å²) in [5.41, 5.74) is 4.51. The molecule has 0 aliphatic carbocycles. The topological polar surface area (TPSA) is 70.5 Å². The average molecular weight is 432 g/mol. The van der Waals surface area contributed by atoms with Gasteiger partial charge in [-0.25, -0.2) is 4.98 Å². The number of para-hydroxylation sites is 1. The molecule has 1 amide bonds. The summed E-state index contributed by atoms with van der Waals surface area (Å²) in [6.45, 7) is 8.80. The molecule has 1 aromatic heterocycles. The van der Waals surface area contributed by atoms with Gasteiger partial charge in [-0.15, -0.1) is 0 Å². The molecule has 1 aliphatic rings. The Kier molecular flexibility index (Phi) is 6.25. The lowest BCUT2D eigenvalue weighted by Crippen LogP contribution is -2.48. The third kappa shape index (κ3) is 4.82. The molecule has 0 bridgehead atoms. The number of carbonyl (C=O) groups is 1. The third-order valence-corrected chi connectivity index (χ3v) is 5.76. The largest absolute Gasteiger partial charge is 0.368 e. The first-order valence-corrected chi connectivity index (χ1v) is 10.9. The number of amides is 1. The predicted octanol–water partition coefficient (Wildman–Crippen LogP) is 3.13. The number of rotatable bonds is 5. The Balaban J connectivity index is 1.51. The lowest BCUT2D eigenvalue weighted by atomic mass is 10.1. The van der Waals surface area contributed by atoms with Crippen molar-refractivity contribution in [3.8, 4) is 0 Å². The Hall–Kier alpha value is -3.61. The number of anilines is 3. The van der Waals surface area contributed by atoms with E-state index in [2.05, 4.69) is 32.2 Å². The average Bonchev–Trinajstić information content (AvgIpc) is 2.78. The fourth-order valence-corrected chi connectivity index (χ4v) is 4.09. The van der Waals surface area contributed by atoms with Gasteiger partial charge in [0.2, 0.25) is 11.9 Å². The van der Waals surface area contributed by atoms with Crippen LogP contribution in [-0.4, -0.2) is 41.6 Å². The van der Waals surface area contributed by atoms with Gasteiger partial charge in [0.25, 0.3) is 5.56 Å². The number of nitrogens with one attached hydrogen (secondary N) is 1. The van der Waals surface area contributed by atoms with E-state index in [4.69, 9.17) is 0 Å². The van der Waals surface area contributed by atoms with Crippen molar-refractivity contribution in [2.45, 2.75) is 27.3 Å². The molecule has 4 rings (SSSR count). The van der Waals surface area contributed by atoms with E-state index >= 15 is 0 Å². The summed E-state index contributed by atoms with van der Waals surface area (Å²) in [6, 6.07) is 17.6. The molecule has 32 heavy (non-hydrogen) atoms. The van der Waals surface area contributed by atoms with Crippen LogP contribution >= 0.6 is 0 Å². The second kappa shape index (κ2) is 9.26. The predicted molar refractivity (Wildman–Crippen MR) is 129 cm³/mol. The summed E-state index contributed by atoms with van der Waals surface area (Å²) in [6.07, 6.45) is 0. The zero-order chi connectivity index (χ0) is 22.7. The summed E-state index contributed by atoms with van der Waals surface area (Å²) >= 11 is 0. The van der Waals surface area contributed by atoms with Gasteiger partial charge in [0, 0.05) is 49.3 Å². The summed E-state index contributed by atoms with van der Waals surface area (Å²) < 4.78 is 1.48. The van der Waals surface area contributed by atoms with E-state index in [9.17, 15) is 9.59 Å². The van der Waals surface area contributed by atoms with Crippen LogP contribution in [0, 0.1) is 20.8 Å². The Morgan fingerprint density at radius 1 is 0.938 bits per heavy atom. The summed E-state index contributed by atoms with van der Waals surface area (Å²) in [4.78, 5) is 34.6. The van der Waals surface area contributed by atoms with E-state index in [0.717, 1.165) is 43.0 Å². The molecule has 0 spiro atoms. The highest BCUT2D eigenvalue weighted by molar-refractivity contribution is 5.91. The number of hydrogen-bond acceptors (Lipinski definition) is 5. The van der Waals surface area contributed by atoms with Gasteiger partial charge >= 0.3 is 0 Å². The smallest absolute Gasteiger partial charge is 0.255 e. The van der Waals surface area contributed by atoms with Crippen molar-refractivity contribution in [2.24, 2.45) is 0 Å². The molecule has 2 aromatic carbocycles. The molecule has 7 nitrogen and oxygen atoms in total. The Morgan fingerprint density at radius 3 is 2.31 bits per heavy atom. The first-order valence-electron chi connectivity index (χ1n) is 10.9. The molecule has 1 fully saturated rings. The van der Waals surface area contributed by atoms with Gasteiger partial charge < -0.3 is 15.1 Å². The van der Waals surface area contributed by atoms with E-state index in [1.165, 1.54) is 16.3 Å². The lowest BCUT2D eigenvalue weighted by molar-refractivity contribution is -0.116. The van der Waals surface area contributed by atoms with E-state index in [1.54, 1.807) is 0 Å². The van der Waals surface area contributed by atoms with Crippen LogP contribution in [0.15, 0.2) is 59.4 Å². The molecule has 2 heterocycles. The highest BCUT2D eigenvalue weighted by atomic mass is 16.2. The number of aryl methyl sites for hydroxylation is 3. The molecule has 1 N–H and O–H groups in total. The van der Waals surface area contributed by atoms with Crippen LogP contribution in [0.25, 0.3) is 0 Å². The van der Waals surface area contributed by atoms with E-state index in [0.29, 0.717) is 11.6 Å². The van der Waals surface area contributed by atoms with Crippen LogP contribution in [0.5, 0.6) is 0 Å². The first-order chi connectivity index (χ1) is 15.4. The highest BCUT2D eigenvalue weighted by Crippen LogP contribution is 2.20. The van der Waals surface area contributed by atoms with Crippen molar-refractivity contribution in [1.82, 2.24) is 9.55 Å². The summed E-state index contributed by atoms with van der Waals surface area (Å²) in [5.74, 6) is 0.312. The third-order valence-electron chi connectivity index (χ3n) is 5.76. The molecule has 0 radical (unpaired) electrons. The second-order valence-corrected chi connectivity index (χ2v) is 8.30. The molecule has 1 saturated heterocycles. The molecule has 0 atom stereocenters. The Morgan fingerprint density at radius 2 is 1.62 bits per heavy atom. The minimum Gasteiger partial charge on any atom is -0.368 e. The number of piperazine rings is 1. The second-order valence-electron chi connectivity index (χ2n) is 8.30. The SMILES string of the molecule is Cc1ccc(NC(=O)Cn2c(N3CCN(c4ccccc4)CC3)nc(C)cc2=O)c(C)c1. The molecule has 7 heteroatoms. The number of hydrogen-bond donors (Lipinski definition) is 1. The summed E-state index contributed by atoms with van der Waals surface area (Å²) in [5, 5.41) is 2.93. The normalized spacial score (nSPS) is 13.8. The van der Waals surface area contributed by atoms with Crippen molar-refractivity contribution >= 4 is 23.2 Å². The van der Waals surface area contributed by atoms with Gasteiger partial charge in [-0.05, 0) is 44.5 Å². The molecule has 166 valence electrons. The molecule has 0 saturated carbocycles. The number of carbonyl (C=O) groups excluding carboxylic acids is 1. The van der Waals surface area contributed by atoms with Gasteiger partial charge in [0.15, 0.2) is 0 Å². The number of nitrogens with zero attached hydrogens (tertiary/aromatic N) is 4. The Bertz CT molecular complexity index is 1160. The van der Waals surface area contributed by atoms with Gasteiger partial charge in [-0.1, -0.05) is 35.9 Å². The van der Waals surface area contributed by atoms with E-state index in [-0.39, 0.29) is 18.0 Å². The fraction of sp³-hybridized carbons (Fsp3) is 0.320. The van der Waals surface area contributed by atoms with Crippen molar-refractivity contribution in [3.63, 3.8) is 0 Å². The van der Waals surface area contributed by atoms with Crippen LogP contribution in [0.3, 0.4) is 0 Å². The lowest BCUT2D eigenvalue weighted by Gasteiger charge is -2.37. The monoisotopic (exact) mass is 431 g/mol. The number of benzene rings is 2. The zero-order valence-corrected chi connectivity index (χ0v) is 18.8. The van der Waals surface area contributed by atoms with E-state index in [1.807, 2.05) is 57.2 Å².